The van der Waals surface area contributed by atoms with Crippen LogP contribution in [0.2, 0.25) is 10.0 Å². The third-order valence-electron chi connectivity index (χ3n) is 4.41. The lowest BCUT2D eigenvalue weighted by atomic mass is 10.1. The van der Waals surface area contributed by atoms with E-state index in [1.165, 1.54) is 14.2 Å². The van der Waals surface area contributed by atoms with Crippen molar-refractivity contribution in [2.24, 2.45) is 0 Å². The minimum absolute atomic E-state index is 0.00871. The molecular weight excluding hydrogens is 377 g/mol. The van der Waals surface area contributed by atoms with E-state index in [0.717, 1.165) is 24.2 Å². The molecule has 0 aromatic heterocycles. The molecule has 5 nitrogen and oxygen atoms in total. The molecule has 7 heteroatoms. The van der Waals surface area contributed by atoms with Gasteiger partial charge in [0.2, 0.25) is 5.75 Å². The highest BCUT2D eigenvalue weighted by molar-refractivity contribution is 6.42. The standard InChI is InChI=1S/C19H21Cl2NO4/c1-24-16-7-12(8-17(25-2)19(16)23)10-22-5-6-26-18(11-22)13-3-4-14(20)15(21)9-13/h3-4,7-9,18,23H,5-6,10-11H2,1-2H3/t18-/m1/s1. The quantitative estimate of drug-likeness (QED) is 0.815. The zero-order valence-corrected chi connectivity index (χ0v) is 16.2. The van der Waals surface area contributed by atoms with Crippen molar-refractivity contribution in [3.8, 4) is 17.2 Å². The highest BCUT2D eigenvalue weighted by Crippen LogP contribution is 2.37. The Morgan fingerprint density at radius 2 is 1.81 bits per heavy atom. The van der Waals surface area contributed by atoms with Crippen LogP contribution in [-0.4, -0.2) is 43.9 Å². The maximum absolute atomic E-state index is 10.1. The second-order valence-corrected chi connectivity index (χ2v) is 6.93. The number of ether oxygens (including phenoxy) is 3. The van der Waals surface area contributed by atoms with Gasteiger partial charge in [0.15, 0.2) is 11.5 Å². The monoisotopic (exact) mass is 397 g/mol. The van der Waals surface area contributed by atoms with Gasteiger partial charge in [-0.2, -0.15) is 0 Å². The minimum Gasteiger partial charge on any atom is -0.502 e. The van der Waals surface area contributed by atoms with Gasteiger partial charge in [0, 0.05) is 19.6 Å². The first kappa shape index (κ1) is 19.1. The fourth-order valence-electron chi connectivity index (χ4n) is 3.06. The van der Waals surface area contributed by atoms with Gasteiger partial charge in [-0.1, -0.05) is 29.3 Å². The van der Waals surface area contributed by atoms with Gasteiger partial charge in [0.05, 0.1) is 37.0 Å². The van der Waals surface area contributed by atoms with E-state index >= 15 is 0 Å². The van der Waals surface area contributed by atoms with Crippen LogP contribution in [0.1, 0.15) is 17.2 Å². The van der Waals surface area contributed by atoms with Crippen molar-refractivity contribution in [1.29, 1.82) is 0 Å². The minimum atomic E-state index is -0.0700. The van der Waals surface area contributed by atoms with Crippen LogP contribution in [0.15, 0.2) is 30.3 Å². The molecule has 1 saturated heterocycles. The Kier molecular flexibility index (Phi) is 6.14. The fraction of sp³-hybridized carbons (Fsp3) is 0.368. The number of methoxy groups -OCH3 is 2. The van der Waals surface area contributed by atoms with E-state index in [-0.39, 0.29) is 11.9 Å². The summed E-state index contributed by atoms with van der Waals surface area (Å²) >= 11 is 12.1. The maximum Gasteiger partial charge on any atom is 0.200 e. The maximum atomic E-state index is 10.1. The number of hydrogen-bond donors (Lipinski definition) is 1. The van der Waals surface area contributed by atoms with Crippen LogP contribution in [-0.2, 0) is 11.3 Å². The number of nitrogens with zero attached hydrogens (tertiary/aromatic N) is 1. The highest BCUT2D eigenvalue weighted by Gasteiger charge is 2.23. The van der Waals surface area contributed by atoms with E-state index in [1.807, 2.05) is 24.3 Å². The van der Waals surface area contributed by atoms with E-state index < -0.39 is 0 Å². The smallest absolute Gasteiger partial charge is 0.200 e. The van der Waals surface area contributed by atoms with Crippen LogP contribution in [0.4, 0.5) is 0 Å². The zero-order chi connectivity index (χ0) is 18.7. The summed E-state index contributed by atoms with van der Waals surface area (Å²) < 4.78 is 16.4. The summed E-state index contributed by atoms with van der Waals surface area (Å²) in [7, 11) is 3.04. The molecule has 0 saturated carbocycles. The third kappa shape index (κ3) is 4.18. The van der Waals surface area contributed by atoms with E-state index in [9.17, 15) is 5.11 Å². The Morgan fingerprint density at radius 1 is 1.12 bits per heavy atom. The number of hydrogen-bond acceptors (Lipinski definition) is 5. The van der Waals surface area contributed by atoms with Gasteiger partial charge in [-0.25, -0.2) is 0 Å². The van der Waals surface area contributed by atoms with E-state index in [1.54, 1.807) is 6.07 Å². The average molecular weight is 398 g/mol. The van der Waals surface area contributed by atoms with Crippen LogP contribution in [0.25, 0.3) is 0 Å². The lowest BCUT2D eigenvalue weighted by molar-refractivity contribution is -0.0329. The Morgan fingerprint density at radius 3 is 2.42 bits per heavy atom. The summed E-state index contributed by atoms with van der Waals surface area (Å²) in [5.41, 5.74) is 2.00. The van der Waals surface area contributed by atoms with Crippen molar-refractivity contribution >= 4 is 23.2 Å². The molecule has 1 aliphatic heterocycles. The van der Waals surface area contributed by atoms with Gasteiger partial charge in [0.1, 0.15) is 0 Å². The second kappa shape index (κ2) is 8.35. The number of phenols is 1. The molecule has 2 aromatic carbocycles. The first-order valence-electron chi connectivity index (χ1n) is 8.24. The number of rotatable bonds is 5. The topological polar surface area (TPSA) is 51.2 Å². The van der Waals surface area contributed by atoms with Crippen molar-refractivity contribution in [1.82, 2.24) is 4.90 Å². The van der Waals surface area contributed by atoms with Crippen molar-refractivity contribution in [3.05, 3.63) is 51.5 Å². The average Bonchev–Trinajstić information content (AvgIpc) is 2.65. The molecule has 1 atom stereocenters. The molecule has 1 fully saturated rings. The van der Waals surface area contributed by atoms with Crippen molar-refractivity contribution in [3.63, 3.8) is 0 Å². The van der Waals surface area contributed by atoms with Crippen LogP contribution in [0.5, 0.6) is 17.2 Å². The summed E-state index contributed by atoms with van der Waals surface area (Å²) in [6, 6.07) is 9.22. The molecule has 0 bridgehead atoms. The molecule has 1 heterocycles. The summed E-state index contributed by atoms with van der Waals surface area (Å²) in [6.07, 6.45) is -0.0700. The number of halogens is 2. The second-order valence-electron chi connectivity index (χ2n) is 6.12. The summed E-state index contributed by atoms with van der Waals surface area (Å²) in [5.74, 6) is 0.802. The Hall–Kier alpha value is -1.66. The van der Waals surface area contributed by atoms with E-state index in [4.69, 9.17) is 37.4 Å². The van der Waals surface area contributed by atoms with Crippen molar-refractivity contribution < 1.29 is 19.3 Å². The van der Waals surface area contributed by atoms with E-state index in [2.05, 4.69) is 4.90 Å². The highest BCUT2D eigenvalue weighted by atomic mass is 35.5. The van der Waals surface area contributed by atoms with Gasteiger partial charge in [-0.05, 0) is 35.4 Å². The SMILES string of the molecule is COc1cc(CN2CCO[C@@H](c3ccc(Cl)c(Cl)c3)C2)cc(OC)c1O. The molecule has 2 aromatic rings. The predicted molar refractivity (Wildman–Crippen MR) is 102 cm³/mol. The summed E-state index contributed by atoms with van der Waals surface area (Å²) in [5, 5.41) is 11.1. The lowest BCUT2D eigenvalue weighted by Crippen LogP contribution is -2.37. The van der Waals surface area contributed by atoms with Crippen LogP contribution in [0.3, 0.4) is 0 Å². The Bertz CT molecular complexity index is 759. The molecule has 140 valence electrons. The van der Waals surface area contributed by atoms with Crippen LogP contribution >= 0.6 is 23.2 Å². The van der Waals surface area contributed by atoms with Crippen molar-refractivity contribution in [2.75, 3.05) is 33.9 Å². The number of phenolic OH excluding ortho intramolecular Hbond substituents is 1. The number of morpholine rings is 1. The molecule has 0 unspecified atom stereocenters. The van der Waals surface area contributed by atoms with E-state index in [0.29, 0.717) is 34.7 Å². The molecule has 1 N–H and O–H groups in total. The lowest BCUT2D eigenvalue weighted by Gasteiger charge is -2.33. The van der Waals surface area contributed by atoms with Gasteiger partial charge >= 0.3 is 0 Å². The van der Waals surface area contributed by atoms with Gasteiger partial charge < -0.3 is 19.3 Å². The molecule has 3 rings (SSSR count). The molecule has 0 spiro atoms. The summed E-state index contributed by atoms with van der Waals surface area (Å²) in [4.78, 5) is 2.28. The molecule has 26 heavy (non-hydrogen) atoms. The summed E-state index contributed by atoms with van der Waals surface area (Å²) in [6.45, 7) is 2.85. The largest absolute Gasteiger partial charge is 0.502 e. The van der Waals surface area contributed by atoms with Crippen molar-refractivity contribution in [2.45, 2.75) is 12.6 Å². The molecule has 0 amide bonds. The molecule has 1 aliphatic rings. The Labute approximate surface area is 163 Å². The van der Waals surface area contributed by atoms with Crippen LogP contribution in [0, 0.1) is 0 Å². The third-order valence-corrected chi connectivity index (χ3v) is 5.15. The number of benzene rings is 2. The molecule has 0 radical (unpaired) electrons. The zero-order valence-electron chi connectivity index (χ0n) is 14.7. The number of aromatic hydroxyl groups is 1. The normalized spacial score (nSPS) is 17.9. The fourth-order valence-corrected chi connectivity index (χ4v) is 3.36. The molecule has 0 aliphatic carbocycles. The van der Waals surface area contributed by atoms with Crippen LogP contribution < -0.4 is 9.47 Å². The van der Waals surface area contributed by atoms with Gasteiger partial charge in [0.25, 0.3) is 0 Å². The van der Waals surface area contributed by atoms with Gasteiger partial charge in [-0.3, -0.25) is 4.90 Å². The Balaban J connectivity index is 1.75. The molecular formula is C19H21Cl2NO4. The van der Waals surface area contributed by atoms with Gasteiger partial charge in [-0.15, -0.1) is 0 Å². The first-order valence-corrected chi connectivity index (χ1v) is 9.00. The predicted octanol–water partition coefficient (Wildman–Crippen LogP) is 4.29. The first-order chi connectivity index (χ1) is 12.5.